The molecule has 2 unspecified atom stereocenters. The molecule has 0 radical (unpaired) electrons. The van der Waals surface area contributed by atoms with Crippen molar-refractivity contribution in [2.24, 2.45) is 11.3 Å². The molecule has 0 aliphatic heterocycles. The molecule has 1 heterocycles. The van der Waals surface area contributed by atoms with Gasteiger partial charge in [-0.3, -0.25) is 0 Å². The number of rotatable bonds is 5. The van der Waals surface area contributed by atoms with Crippen molar-refractivity contribution in [3.63, 3.8) is 0 Å². The number of nitrogens with zero attached hydrogens (tertiary/aromatic N) is 2. The predicted octanol–water partition coefficient (Wildman–Crippen LogP) is 3.95. The van der Waals surface area contributed by atoms with Crippen molar-refractivity contribution in [2.45, 2.75) is 66.6 Å². The van der Waals surface area contributed by atoms with Gasteiger partial charge in [0.1, 0.15) is 12.4 Å². The van der Waals surface area contributed by atoms with Gasteiger partial charge in [-0.05, 0) is 44.4 Å². The van der Waals surface area contributed by atoms with Gasteiger partial charge in [0, 0.05) is 18.3 Å². The van der Waals surface area contributed by atoms with E-state index in [0.29, 0.717) is 18.1 Å². The summed E-state index contributed by atoms with van der Waals surface area (Å²) in [5.41, 5.74) is 1.36. The lowest BCUT2D eigenvalue weighted by Crippen LogP contribution is -2.32. The summed E-state index contributed by atoms with van der Waals surface area (Å²) in [6.45, 7) is 12.4. The lowest BCUT2D eigenvalue weighted by molar-refractivity contribution is -0.0338. The fourth-order valence-electron chi connectivity index (χ4n) is 3.54. The zero-order valence-corrected chi connectivity index (χ0v) is 14.1. The van der Waals surface area contributed by atoms with Crippen LogP contribution < -0.4 is 5.32 Å². The quantitative estimate of drug-likeness (QED) is 0.892. The van der Waals surface area contributed by atoms with E-state index in [2.05, 4.69) is 43.0 Å². The molecule has 118 valence electrons. The minimum absolute atomic E-state index is 0.329. The monoisotopic (exact) mass is 291 g/mol. The molecule has 1 aromatic rings. The summed E-state index contributed by atoms with van der Waals surface area (Å²) in [5.74, 6) is 2.40. The van der Waals surface area contributed by atoms with Crippen molar-refractivity contribution in [2.75, 3.05) is 11.9 Å². The van der Waals surface area contributed by atoms with E-state index in [1.165, 1.54) is 6.42 Å². The molecule has 0 spiro atoms. The number of aryl methyl sites for hydroxylation is 1. The van der Waals surface area contributed by atoms with Crippen molar-refractivity contribution in [1.82, 2.24) is 9.97 Å². The van der Waals surface area contributed by atoms with E-state index in [1.807, 2.05) is 13.0 Å². The van der Waals surface area contributed by atoms with Gasteiger partial charge in [-0.2, -0.15) is 0 Å². The van der Waals surface area contributed by atoms with E-state index < -0.39 is 0 Å². The lowest BCUT2D eigenvalue weighted by atomic mass is 9.71. The molecule has 1 aliphatic carbocycles. The molecule has 1 saturated carbocycles. The molecular formula is C17H29N3O. The van der Waals surface area contributed by atoms with Crippen LogP contribution in [0.2, 0.25) is 0 Å². The zero-order valence-electron chi connectivity index (χ0n) is 14.1. The smallest absolute Gasteiger partial charge is 0.156 e. The summed E-state index contributed by atoms with van der Waals surface area (Å²) in [4.78, 5) is 9.00. The first kappa shape index (κ1) is 16.2. The standard InChI is InChI=1S/C17H29N3O/c1-6-18-15-8-13(3)19-16(20-15)11-21-14-7-12(2)9-17(4,5)10-14/h8,12,14H,6-7,9-11H2,1-5H3,(H,18,19,20). The molecule has 4 heteroatoms. The highest BCUT2D eigenvalue weighted by Crippen LogP contribution is 2.39. The van der Waals surface area contributed by atoms with Gasteiger partial charge in [0.25, 0.3) is 0 Å². The number of hydrogen-bond acceptors (Lipinski definition) is 4. The first-order chi connectivity index (χ1) is 9.88. The van der Waals surface area contributed by atoms with E-state index >= 15 is 0 Å². The van der Waals surface area contributed by atoms with E-state index in [-0.39, 0.29) is 0 Å². The van der Waals surface area contributed by atoms with Crippen LogP contribution in [0.15, 0.2) is 6.07 Å². The Morgan fingerprint density at radius 2 is 2.10 bits per heavy atom. The molecule has 21 heavy (non-hydrogen) atoms. The summed E-state index contributed by atoms with van der Waals surface area (Å²) in [6, 6.07) is 1.97. The molecule has 1 aliphatic rings. The largest absolute Gasteiger partial charge is 0.370 e. The van der Waals surface area contributed by atoms with Crippen LogP contribution in [0.1, 0.15) is 58.5 Å². The van der Waals surface area contributed by atoms with Crippen LogP contribution in [0.5, 0.6) is 0 Å². The average molecular weight is 291 g/mol. The van der Waals surface area contributed by atoms with Gasteiger partial charge in [0.05, 0.1) is 6.10 Å². The van der Waals surface area contributed by atoms with Gasteiger partial charge in [0.2, 0.25) is 0 Å². The zero-order chi connectivity index (χ0) is 15.5. The minimum atomic E-state index is 0.329. The van der Waals surface area contributed by atoms with Crippen LogP contribution in [0.25, 0.3) is 0 Å². The molecule has 1 fully saturated rings. The molecule has 2 rings (SSSR count). The summed E-state index contributed by atoms with van der Waals surface area (Å²) in [6.07, 6.45) is 3.90. The number of ether oxygens (including phenoxy) is 1. The normalized spacial score (nSPS) is 24.8. The molecule has 1 aromatic heterocycles. The van der Waals surface area contributed by atoms with Crippen molar-refractivity contribution < 1.29 is 4.74 Å². The van der Waals surface area contributed by atoms with Crippen LogP contribution >= 0.6 is 0 Å². The summed E-state index contributed by atoms with van der Waals surface area (Å²) in [7, 11) is 0. The number of nitrogens with one attached hydrogen (secondary N) is 1. The highest BCUT2D eigenvalue weighted by atomic mass is 16.5. The first-order valence-corrected chi connectivity index (χ1v) is 8.08. The van der Waals surface area contributed by atoms with E-state index in [1.54, 1.807) is 0 Å². The number of aromatic nitrogens is 2. The maximum Gasteiger partial charge on any atom is 0.156 e. The Balaban J connectivity index is 1.96. The third-order valence-corrected chi connectivity index (χ3v) is 4.05. The van der Waals surface area contributed by atoms with Crippen LogP contribution in [0.3, 0.4) is 0 Å². The maximum absolute atomic E-state index is 6.11. The van der Waals surface area contributed by atoms with Crippen molar-refractivity contribution in [1.29, 1.82) is 0 Å². The van der Waals surface area contributed by atoms with E-state index in [9.17, 15) is 0 Å². The van der Waals surface area contributed by atoms with Crippen molar-refractivity contribution in [3.05, 3.63) is 17.6 Å². The Kier molecular flexibility index (Phi) is 5.20. The Hall–Kier alpha value is -1.16. The summed E-state index contributed by atoms with van der Waals surface area (Å²) >= 11 is 0. The van der Waals surface area contributed by atoms with Gasteiger partial charge < -0.3 is 10.1 Å². The van der Waals surface area contributed by atoms with Crippen LogP contribution in [-0.2, 0) is 11.3 Å². The number of hydrogen-bond donors (Lipinski definition) is 1. The molecular weight excluding hydrogens is 262 g/mol. The SMILES string of the molecule is CCNc1cc(C)nc(COC2CC(C)CC(C)(C)C2)n1. The molecule has 0 aromatic carbocycles. The first-order valence-electron chi connectivity index (χ1n) is 8.08. The number of anilines is 1. The van der Waals surface area contributed by atoms with Crippen LogP contribution in [0.4, 0.5) is 5.82 Å². The Morgan fingerprint density at radius 1 is 1.33 bits per heavy atom. The van der Waals surface area contributed by atoms with Crippen LogP contribution in [-0.4, -0.2) is 22.6 Å². The summed E-state index contributed by atoms with van der Waals surface area (Å²) < 4.78 is 6.11. The highest BCUT2D eigenvalue weighted by Gasteiger charge is 2.32. The second-order valence-corrected chi connectivity index (χ2v) is 7.19. The Labute approximate surface area is 128 Å². The summed E-state index contributed by atoms with van der Waals surface area (Å²) in [5, 5.41) is 3.24. The van der Waals surface area contributed by atoms with Gasteiger partial charge >= 0.3 is 0 Å². The molecule has 4 nitrogen and oxygen atoms in total. The average Bonchev–Trinajstić information content (AvgIpc) is 2.34. The third-order valence-electron chi connectivity index (χ3n) is 4.05. The van der Waals surface area contributed by atoms with E-state index in [0.717, 1.165) is 42.6 Å². The van der Waals surface area contributed by atoms with Crippen molar-refractivity contribution in [3.8, 4) is 0 Å². The third kappa shape index (κ3) is 4.95. The predicted molar refractivity (Wildman–Crippen MR) is 86.3 cm³/mol. The molecule has 0 amide bonds. The molecule has 2 atom stereocenters. The van der Waals surface area contributed by atoms with Crippen LogP contribution in [0, 0.1) is 18.3 Å². The van der Waals surface area contributed by atoms with Gasteiger partial charge in [-0.15, -0.1) is 0 Å². The van der Waals surface area contributed by atoms with Gasteiger partial charge in [-0.25, -0.2) is 9.97 Å². The fraction of sp³-hybridized carbons (Fsp3) is 0.765. The Bertz CT molecular complexity index is 473. The minimum Gasteiger partial charge on any atom is -0.370 e. The van der Waals surface area contributed by atoms with Gasteiger partial charge in [0.15, 0.2) is 5.82 Å². The lowest BCUT2D eigenvalue weighted by Gasteiger charge is -2.38. The van der Waals surface area contributed by atoms with Gasteiger partial charge in [-0.1, -0.05) is 20.8 Å². The topological polar surface area (TPSA) is 47.0 Å². The van der Waals surface area contributed by atoms with Crippen molar-refractivity contribution >= 4 is 5.82 Å². The van der Waals surface area contributed by atoms with E-state index in [4.69, 9.17) is 4.74 Å². The fourth-order valence-corrected chi connectivity index (χ4v) is 3.54. The Morgan fingerprint density at radius 3 is 2.76 bits per heavy atom. The highest BCUT2D eigenvalue weighted by molar-refractivity contribution is 5.35. The molecule has 1 N–H and O–H groups in total. The maximum atomic E-state index is 6.11. The molecule has 0 bridgehead atoms. The molecule has 0 saturated heterocycles. The second-order valence-electron chi connectivity index (χ2n) is 7.19. The second kappa shape index (κ2) is 6.73.